The standard InChI is InChI=1S/C24H24N6O2/c1-17(31)18-3-5-19(6-4-18)28-11-13-29(14-12-28)23-22-15-27-30(24(22)26-16-25-23)20-7-9-21(32-2)10-8-20/h3-10,15-16H,11-14H2,1-2H3. The number of nitrogens with zero attached hydrogens (tertiary/aromatic N) is 6. The predicted molar refractivity (Wildman–Crippen MR) is 124 cm³/mol. The molecule has 1 aliphatic rings. The molecule has 4 aromatic rings. The number of piperazine rings is 1. The van der Waals surface area contributed by atoms with Crippen molar-refractivity contribution in [2.75, 3.05) is 43.1 Å². The summed E-state index contributed by atoms with van der Waals surface area (Å²) in [7, 11) is 1.65. The summed E-state index contributed by atoms with van der Waals surface area (Å²) in [5.74, 6) is 1.79. The number of methoxy groups -OCH3 is 1. The number of carbonyl (C=O) groups excluding carboxylic acids is 1. The van der Waals surface area contributed by atoms with Crippen LogP contribution in [0.15, 0.2) is 61.1 Å². The highest BCUT2D eigenvalue weighted by Gasteiger charge is 2.22. The summed E-state index contributed by atoms with van der Waals surface area (Å²) in [6.07, 6.45) is 3.44. The quantitative estimate of drug-likeness (QED) is 0.451. The number of benzene rings is 2. The van der Waals surface area contributed by atoms with E-state index in [0.29, 0.717) is 0 Å². The molecule has 0 spiro atoms. The van der Waals surface area contributed by atoms with Crippen LogP contribution in [0.4, 0.5) is 11.5 Å². The van der Waals surface area contributed by atoms with Gasteiger partial charge in [0.25, 0.3) is 0 Å². The maximum atomic E-state index is 11.5. The van der Waals surface area contributed by atoms with Crippen molar-refractivity contribution in [1.82, 2.24) is 19.7 Å². The molecule has 8 heteroatoms. The number of ether oxygens (including phenoxy) is 1. The molecule has 0 atom stereocenters. The van der Waals surface area contributed by atoms with Gasteiger partial charge in [-0.05, 0) is 55.5 Å². The molecule has 0 radical (unpaired) electrons. The van der Waals surface area contributed by atoms with Crippen molar-refractivity contribution < 1.29 is 9.53 Å². The molecule has 1 aliphatic heterocycles. The van der Waals surface area contributed by atoms with Gasteiger partial charge in [0.05, 0.1) is 24.4 Å². The smallest absolute Gasteiger partial charge is 0.168 e. The summed E-state index contributed by atoms with van der Waals surface area (Å²) < 4.78 is 7.07. The first kappa shape index (κ1) is 20.0. The van der Waals surface area contributed by atoms with Crippen LogP contribution in [0, 0.1) is 0 Å². The molecular formula is C24H24N6O2. The largest absolute Gasteiger partial charge is 0.497 e. The fraction of sp³-hybridized carbons (Fsp3) is 0.250. The van der Waals surface area contributed by atoms with Gasteiger partial charge >= 0.3 is 0 Å². The van der Waals surface area contributed by atoms with E-state index in [-0.39, 0.29) is 5.78 Å². The first-order valence-corrected chi connectivity index (χ1v) is 10.6. The van der Waals surface area contributed by atoms with E-state index in [1.807, 2.05) is 59.4 Å². The average molecular weight is 428 g/mol. The summed E-state index contributed by atoms with van der Waals surface area (Å²) in [5, 5.41) is 5.50. The van der Waals surface area contributed by atoms with E-state index in [2.05, 4.69) is 24.9 Å². The van der Waals surface area contributed by atoms with E-state index in [1.165, 1.54) is 0 Å². The summed E-state index contributed by atoms with van der Waals surface area (Å²) in [6, 6.07) is 15.6. The summed E-state index contributed by atoms with van der Waals surface area (Å²) in [5.41, 5.74) is 3.58. The molecule has 1 fully saturated rings. The molecule has 32 heavy (non-hydrogen) atoms. The van der Waals surface area contributed by atoms with Gasteiger partial charge in [0.1, 0.15) is 17.9 Å². The lowest BCUT2D eigenvalue weighted by Crippen LogP contribution is -2.46. The second kappa shape index (κ2) is 8.30. The van der Waals surface area contributed by atoms with E-state index in [1.54, 1.807) is 20.4 Å². The lowest BCUT2D eigenvalue weighted by atomic mass is 10.1. The number of anilines is 2. The SMILES string of the molecule is COc1ccc(-n2ncc3c(N4CCN(c5ccc(C(C)=O)cc5)CC4)ncnc32)cc1. The maximum Gasteiger partial charge on any atom is 0.168 e. The Balaban J connectivity index is 1.35. The zero-order valence-corrected chi connectivity index (χ0v) is 18.1. The van der Waals surface area contributed by atoms with Gasteiger partial charge in [0, 0.05) is 37.4 Å². The van der Waals surface area contributed by atoms with Gasteiger partial charge in [-0.25, -0.2) is 14.6 Å². The number of hydrogen-bond acceptors (Lipinski definition) is 7. The second-order valence-electron chi connectivity index (χ2n) is 7.77. The Bertz CT molecular complexity index is 1240. The van der Waals surface area contributed by atoms with Gasteiger partial charge < -0.3 is 14.5 Å². The van der Waals surface area contributed by atoms with Crippen molar-refractivity contribution in [3.8, 4) is 11.4 Å². The highest BCUT2D eigenvalue weighted by atomic mass is 16.5. The molecule has 3 heterocycles. The highest BCUT2D eigenvalue weighted by molar-refractivity contribution is 5.94. The molecule has 0 N–H and O–H groups in total. The van der Waals surface area contributed by atoms with Crippen molar-refractivity contribution in [3.05, 3.63) is 66.6 Å². The van der Waals surface area contributed by atoms with Gasteiger partial charge in [0.15, 0.2) is 11.4 Å². The van der Waals surface area contributed by atoms with Crippen LogP contribution in [-0.2, 0) is 0 Å². The molecule has 0 amide bonds. The number of carbonyl (C=O) groups is 1. The van der Waals surface area contributed by atoms with E-state index in [9.17, 15) is 4.79 Å². The summed E-state index contributed by atoms with van der Waals surface area (Å²) in [4.78, 5) is 25.2. The number of ketones is 1. The van der Waals surface area contributed by atoms with Gasteiger partial charge in [-0.1, -0.05) is 0 Å². The van der Waals surface area contributed by atoms with Crippen LogP contribution in [0.2, 0.25) is 0 Å². The Morgan fingerprint density at radius 1 is 0.875 bits per heavy atom. The maximum absolute atomic E-state index is 11.5. The number of rotatable bonds is 5. The van der Waals surface area contributed by atoms with Crippen molar-refractivity contribution in [3.63, 3.8) is 0 Å². The van der Waals surface area contributed by atoms with Gasteiger partial charge in [-0.3, -0.25) is 4.79 Å². The molecule has 0 aliphatic carbocycles. The third-order valence-corrected chi connectivity index (χ3v) is 5.88. The van der Waals surface area contributed by atoms with Crippen LogP contribution in [0.25, 0.3) is 16.7 Å². The zero-order chi connectivity index (χ0) is 22.1. The number of hydrogen-bond donors (Lipinski definition) is 0. The first-order chi connectivity index (χ1) is 15.6. The molecule has 162 valence electrons. The highest BCUT2D eigenvalue weighted by Crippen LogP contribution is 2.27. The van der Waals surface area contributed by atoms with E-state index < -0.39 is 0 Å². The van der Waals surface area contributed by atoms with Crippen LogP contribution in [0.1, 0.15) is 17.3 Å². The number of Topliss-reactive ketones (excluding diaryl/α,β-unsaturated/α-hetero) is 1. The summed E-state index contributed by atoms with van der Waals surface area (Å²) in [6.45, 7) is 5.02. The third kappa shape index (κ3) is 3.64. The molecular weight excluding hydrogens is 404 g/mol. The van der Waals surface area contributed by atoms with Crippen LogP contribution in [0.3, 0.4) is 0 Å². The number of aromatic nitrogens is 4. The minimum atomic E-state index is 0.0873. The fourth-order valence-electron chi connectivity index (χ4n) is 4.08. The molecule has 0 bridgehead atoms. The zero-order valence-electron chi connectivity index (χ0n) is 18.1. The first-order valence-electron chi connectivity index (χ1n) is 10.6. The van der Waals surface area contributed by atoms with Gasteiger partial charge in [-0.15, -0.1) is 0 Å². The van der Waals surface area contributed by atoms with Crippen molar-refractivity contribution in [2.24, 2.45) is 0 Å². The van der Waals surface area contributed by atoms with Crippen molar-refractivity contribution >= 4 is 28.3 Å². The van der Waals surface area contributed by atoms with E-state index in [0.717, 1.165) is 65.7 Å². The molecule has 2 aromatic heterocycles. The average Bonchev–Trinajstić information content (AvgIpc) is 3.29. The van der Waals surface area contributed by atoms with E-state index in [4.69, 9.17) is 4.74 Å². The molecule has 0 saturated carbocycles. The minimum Gasteiger partial charge on any atom is -0.497 e. The molecule has 0 unspecified atom stereocenters. The Morgan fingerprint density at radius 2 is 1.53 bits per heavy atom. The molecule has 2 aromatic carbocycles. The molecule has 8 nitrogen and oxygen atoms in total. The Kier molecular flexibility index (Phi) is 5.18. The van der Waals surface area contributed by atoms with E-state index >= 15 is 0 Å². The van der Waals surface area contributed by atoms with Gasteiger partial charge in [-0.2, -0.15) is 5.10 Å². The summed E-state index contributed by atoms with van der Waals surface area (Å²) >= 11 is 0. The topological polar surface area (TPSA) is 76.4 Å². The minimum absolute atomic E-state index is 0.0873. The number of fused-ring (bicyclic) bond motifs is 1. The lowest BCUT2D eigenvalue weighted by molar-refractivity contribution is 0.101. The normalized spacial score (nSPS) is 14.1. The Labute approximate surface area is 186 Å². The van der Waals surface area contributed by atoms with Crippen LogP contribution >= 0.6 is 0 Å². The van der Waals surface area contributed by atoms with Crippen molar-refractivity contribution in [1.29, 1.82) is 0 Å². The molecule has 5 rings (SSSR count). The van der Waals surface area contributed by atoms with Crippen LogP contribution < -0.4 is 14.5 Å². The monoisotopic (exact) mass is 428 g/mol. The lowest BCUT2D eigenvalue weighted by Gasteiger charge is -2.36. The van der Waals surface area contributed by atoms with Crippen LogP contribution in [-0.4, -0.2) is 58.8 Å². The second-order valence-corrected chi connectivity index (χ2v) is 7.77. The van der Waals surface area contributed by atoms with Gasteiger partial charge in [0.2, 0.25) is 0 Å². The predicted octanol–water partition coefficient (Wildman–Crippen LogP) is 3.35. The molecule has 1 saturated heterocycles. The fourth-order valence-corrected chi connectivity index (χ4v) is 4.08. The van der Waals surface area contributed by atoms with Crippen LogP contribution in [0.5, 0.6) is 5.75 Å². The Hall–Kier alpha value is -3.94. The Morgan fingerprint density at radius 3 is 2.19 bits per heavy atom. The third-order valence-electron chi connectivity index (χ3n) is 5.88. The van der Waals surface area contributed by atoms with Crippen molar-refractivity contribution in [2.45, 2.75) is 6.92 Å².